The van der Waals surface area contributed by atoms with Crippen LogP contribution < -0.4 is 10.2 Å². The number of anilines is 1. The summed E-state index contributed by atoms with van der Waals surface area (Å²) in [7, 11) is 0. The summed E-state index contributed by atoms with van der Waals surface area (Å²) in [6, 6.07) is 9.25. The van der Waals surface area contributed by atoms with E-state index >= 15 is 0 Å². The number of aryl methyl sites for hydroxylation is 2. The van der Waals surface area contributed by atoms with E-state index in [1.165, 1.54) is 28.9 Å². The number of hydrogen-bond donors (Lipinski definition) is 2. The Hall–Kier alpha value is -1.81. The van der Waals surface area contributed by atoms with E-state index in [2.05, 4.69) is 65.5 Å². The lowest BCUT2D eigenvalue weighted by Gasteiger charge is -2.27. The van der Waals surface area contributed by atoms with E-state index in [9.17, 15) is 0 Å². The third-order valence-electron chi connectivity index (χ3n) is 4.48. The summed E-state index contributed by atoms with van der Waals surface area (Å²) in [6.07, 6.45) is 1.17. The minimum atomic E-state index is 0.501. The Kier molecular flexibility index (Phi) is 3.97. The Balaban J connectivity index is 1.57. The lowest BCUT2D eigenvalue weighted by atomic mass is 10.1. The molecule has 0 spiro atoms. The van der Waals surface area contributed by atoms with Gasteiger partial charge in [-0.25, -0.2) is 0 Å². The van der Waals surface area contributed by atoms with Gasteiger partial charge in [-0.1, -0.05) is 18.2 Å². The van der Waals surface area contributed by atoms with E-state index in [0.29, 0.717) is 6.04 Å². The van der Waals surface area contributed by atoms with Gasteiger partial charge in [0.2, 0.25) is 0 Å². The van der Waals surface area contributed by atoms with Gasteiger partial charge in [-0.15, -0.1) is 0 Å². The Labute approximate surface area is 126 Å². The van der Waals surface area contributed by atoms with Crippen molar-refractivity contribution < 1.29 is 0 Å². The second kappa shape index (κ2) is 5.90. The van der Waals surface area contributed by atoms with E-state index in [0.717, 1.165) is 25.3 Å². The van der Waals surface area contributed by atoms with Crippen molar-refractivity contribution in [2.75, 3.05) is 18.0 Å². The van der Waals surface area contributed by atoms with Crippen LogP contribution in [0.15, 0.2) is 24.3 Å². The fourth-order valence-corrected chi connectivity index (χ4v) is 3.17. The van der Waals surface area contributed by atoms with Crippen molar-refractivity contribution >= 4 is 5.69 Å². The summed E-state index contributed by atoms with van der Waals surface area (Å²) in [4.78, 5) is 2.51. The highest BCUT2D eigenvalue weighted by molar-refractivity contribution is 5.58. The van der Waals surface area contributed by atoms with Crippen molar-refractivity contribution in [3.63, 3.8) is 0 Å². The Morgan fingerprint density at radius 1 is 1.33 bits per heavy atom. The summed E-state index contributed by atoms with van der Waals surface area (Å²) in [5.41, 5.74) is 6.44. The van der Waals surface area contributed by atoms with E-state index in [1.54, 1.807) is 0 Å². The van der Waals surface area contributed by atoms with Crippen LogP contribution in [-0.2, 0) is 13.0 Å². The van der Waals surface area contributed by atoms with E-state index in [1.807, 2.05) is 0 Å². The summed E-state index contributed by atoms with van der Waals surface area (Å²) >= 11 is 0. The van der Waals surface area contributed by atoms with Gasteiger partial charge in [-0.2, -0.15) is 5.10 Å². The van der Waals surface area contributed by atoms with Gasteiger partial charge in [-0.3, -0.25) is 5.10 Å². The molecule has 1 atom stereocenters. The third-order valence-corrected chi connectivity index (χ3v) is 4.48. The SMILES string of the molecule is Cc1n[nH]c(C)c1CNC[C@H](C)N1CCc2ccccc21. The van der Waals surface area contributed by atoms with E-state index < -0.39 is 0 Å². The van der Waals surface area contributed by atoms with Crippen LogP contribution in [0.2, 0.25) is 0 Å². The normalized spacial score (nSPS) is 15.3. The molecule has 2 N–H and O–H groups in total. The maximum Gasteiger partial charge on any atom is 0.0638 e. The van der Waals surface area contributed by atoms with Crippen LogP contribution in [0, 0.1) is 13.8 Å². The molecule has 1 aromatic heterocycles. The molecule has 4 heteroatoms. The second-order valence-corrected chi connectivity index (χ2v) is 5.96. The minimum Gasteiger partial charge on any atom is -0.367 e. The van der Waals surface area contributed by atoms with Crippen molar-refractivity contribution in [3.8, 4) is 0 Å². The molecule has 0 unspecified atom stereocenters. The molecular weight excluding hydrogens is 260 g/mol. The first-order valence-electron chi connectivity index (χ1n) is 7.72. The van der Waals surface area contributed by atoms with Crippen LogP contribution in [-0.4, -0.2) is 29.3 Å². The molecule has 0 saturated carbocycles. The predicted molar refractivity (Wildman–Crippen MR) is 86.7 cm³/mol. The highest BCUT2D eigenvalue weighted by Gasteiger charge is 2.22. The maximum absolute atomic E-state index is 4.25. The lowest BCUT2D eigenvalue weighted by molar-refractivity contribution is 0.569. The molecule has 0 fully saturated rings. The molecule has 1 aromatic carbocycles. The van der Waals surface area contributed by atoms with Crippen molar-refractivity contribution in [2.45, 2.75) is 39.8 Å². The Bertz CT molecular complexity index is 598. The molecule has 0 radical (unpaired) electrons. The number of nitrogens with zero attached hydrogens (tertiary/aromatic N) is 2. The van der Waals surface area contributed by atoms with Gasteiger partial charge < -0.3 is 10.2 Å². The number of aromatic nitrogens is 2. The molecule has 0 bridgehead atoms. The number of H-pyrrole nitrogens is 1. The van der Waals surface area contributed by atoms with Crippen LogP contribution in [0.3, 0.4) is 0 Å². The Morgan fingerprint density at radius 3 is 2.90 bits per heavy atom. The van der Waals surface area contributed by atoms with Gasteiger partial charge in [0, 0.05) is 42.6 Å². The first-order valence-corrected chi connectivity index (χ1v) is 7.72. The average molecular weight is 284 g/mol. The first kappa shape index (κ1) is 14.1. The highest BCUT2D eigenvalue weighted by Crippen LogP contribution is 2.28. The van der Waals surface area contributed by atoms with E-state index in [4.69, 9.17) is 0 Å². The van der Waals surface area contributed by atoms with Gasteiger partial charge >= 0.3 is 0 Å². The number of fused-ring (bicyclic) bond motifs is 1. The molecule has 0 aliphatic carbocycles. The Morgan fingerprint density at radius 2 is 2.14 bits per heavy atom. The van der Waals surface area contributed by atoms with Crippen LogP contribution in [0.1, 0.15) is 29.4 Å². The largest absolute Gasteiger partial charge is 0.367 e. The number of rotatable bonds is 5. The van der Waals surface area contributed by atoms with Crippen LogP contribution in [0.4, 0.5) is 5.69 Å². The van der Waals surface area contributed by atoms with Crippen molar-refractivity contribution in [3.05, 3.63) is 46.8 Å². The molecule has 21 heavy (non-hydrogen) atoms. The summed E-state index contributed by atoms with van der Waals surface area (Å²) < 4.78 is 0. The zero-order chi connectivity index (χ0) is 14.8. The van der Waals surface area contributed by atoms with E-state index in [-0.39, 0.29) is 0 Å². The monoisotopic (exact) mass is 284 g/mol. The predicted octanol–water partition coefficient (Wildman–Crippen LogP) is 2.57. The number of nitrogens with one attached hydrogen (secondary N) is 2. The average Bonchev–Trinajstić information content (AvgIpc) is 3.05. The number of aromatic amines is 1. The van der Waals surface area contributed by atoms with Gasteiger partial charge in [0.1, 0.15) is 0 Å². The topological polar surface area (TPSA) is 44.0 Å². The smallest absolute Gasteiger partial charge is 0.0638 e. The van der Waals surface area contributed by atoms with Crippen LogP contribution in [0.5, 0.6) is 0 Å². The van der Waals surface area contributed by atoms with Gasteiger partial charge in [-0.05, 0) is 38.8 Å². The molecule has 0 saturated heterocycles. The molecule has 4 nitrogen and oxygen atoms in total. The molecule has 1 aliphatic rings. The molecule has 1 aliphatic heterocycles. The van der Waals surface area contributed by atoms with Crippen molar-refractivity contribution in [1.82, 2.24) is 15.5 Å². The molecule has 2 heterocycles. The molecular formula is C17H24N4. The molecule has 112 valence electrons. The van der Waals surface area contributed by atoms with Crippen LogP contribution in [0.25, 0.3) is 0 Å². The summed E-state index contributed by atoms with van der Waals surface area (Å²) in [5, 5.41) is 10.9. The fourth-order valence-electron chi connectivity index (χ4n) is 3.17. The standard InChI is InChI=1S/C17H24N4/c1-12(10-18-11-16-13(2)19-20-14(16)3)21-9-8-15-6-4-5-7-17(15)21/h4-7,12,18H,8-11H2,1-3H3,(H,19,20)/t12-/m0/s1. The quantitative estimate of drug-likeness (QED) is 0.887. The first-order chi connectivity index (χ1) is 10.2. The van der Waals surface area contributed by atoms with Gasteiger partial charge in [0.25, 0.3) is 0 Å². The summed E-state index contributed by atoms with van der Waals surface area (Å²) in [5.74, 6) is 0. The number of hydrogen-bond acceptors (Lipinski definition) is 3. The third kappa shape index (κ3) is 2.81. The van der Waals surface area contributed by atoms with Crippen molar-refractivity contribution in [1.29, 1.82) is 0 Å². The molecule has 3 rings (SSSR count). The van der Waals surface area contributed by atoms with Crippen molar-refractivity contribution in [2.24, 2.45) is 0 Å². The van der Waals surface area contributed by atoms with Gasteiger partial charge in [0.05, 0.1) is 5.69 Å². The number of benzene rings is 1. The number of para-hydroxylation sites is 1. The van der Waals surface area contributed by atoms with Gasteiger partial charge in [0.15, 0.2) is 0 Å². The second-order valence-electron chi connectivity index (χ2n) is 5.96. The molecule has 0 amide bonds. The highest BCUT2D eigenvalue weighted by atomic mass is 15.2. The summed E-state index contributed by atoms with van der Waals surface area (Å²) in [6.45, 7) is 9.43. The zero-order valence-corrected chi connectivity index (χ0v) is 13.1. The van der Waals surface area contributed by atoms with Crippen LogP contribution >= 0.6 is 0 Å². The zero-order valence-electron chi connectivity index (χ0n) is 13.1. The minimum absolute atomic E-state index is 0.501. The fraction of sp³-hybridized carbons (Fsp3) is 0.471. The lowest BCUT2D eigenvalue weighted by Crippen LogP contribution is -2.39. The molecule has 2 aromatic rings. The maximum atomic E-state index is 4.25.